The predicted octanol–water partition coefficient (Wildman–Crippen LogP) is 3.11. The van der Waals surface area contributed by atoms with Crippen molar-refractivity contribution in [1.82, 2.24) is 29.9 Å². The van der Waals surface area contributed by atoms with Gasteiger partial charge in [0.1, 0.15) is 11.5 Å². The summed E-state index contributed by atoms with van der Waals surface area (Å²) < 4.78 is 53.7. The minimum absolute atomic E-state index is 0.205. The van der Waals surface area contributed by atoms with Crippen LogP contribution in [0.15, 0.2) is 53.9 Å². The van der Waals surface area contributed by atoms with Crippen molar-refractivity contribution >= 4 is 12.2 Å². The summed E-state index contributed by atoms with van der Waals surface area (Å²) in [5.41, 5.74) is 7.34. The zero-order valence-corrected chi connectivity index (χ0v) is 16.7. The SMILES string of the molecule is N=C(N=CN)c1[nH]c(Cc2cn(-c3ccccc3F)nn2)cc1-c1cnc(C(F)(F)F)nc1. The predicted molar refractivity (Wildman–Crippen MR) is 110 cm³/mol. The third kappa shape index (κ3) is 4.61. The number of halogens is 4. The second-order valence-electron chi connectivity index (χ2n) is 6.79. The topological polar surface area (TPSA) is 135 Å². The summed E-state index contributed by atoms with van der Waals surface area (Å²) in [6, 6.07) is 7.69. The van der Waals surface area contributed by atoms with E-state index in [9.17, 15) is 17.6 Å². The Kier molecular flexibility index (Phi) is 5.69. The number of H-pyrrole nitrogens is 1. The van der Waals surface area contributed by atoms with Crippen LogP contribution >= 0.6 is 0 Å². The molecule has 3 aromatic heterocycles. The highest BCUT2D eigenvalue weighted by Gasteiger charge is 2.34. The number of nitrogens with two attached hydrogens (primary N) is 1. The molecule has 168 valence electrons. The van der Waals surface area contributed by atoms with E-state index in [2.05, 4.69) is 30.3 Å². The van der Waals surface area contributed by atoms with E-state index >= 15 is 0 Å². The molecule has 4 aromatic rings. The molecule has 0 radical (unpaired) electrons. The van der Waals surface area contributed by atoms with Gasteiger partial charge in [-0.15, -0.1) is 5.10 Å². The van der Waals surface area contributed by atoms with Crippen LogP contribution in [-0.4, -0.2) is 42.1 Å². The minimum atomic E-state index is -4.68. The Morgan fingerprint density at radius 3 is 2.61 bits per heavy atom. The Labute approximate surface area is 183 Å². The molecule has 4 rings (SSSR count). The van der Waals surface area contributed by atoms with E-state index in [0.717, 1.165) is 18.7 Å². The number of aliphatic imine (C=N–C) groups is 1. The van der Waals surface area contributed by atoms with Crippen LogP contribution in [0.1, 0.15) is 22.9 Å². The highest BCUT2D eigenvalue weighted by Crippen LogP contribution is 2.29. The first-order chi connectivity index (χ1) is 15.8. The van der Waals surface area contributed by atoms with Gasteiger partial charge >= 0.3 is 6.18 Å². The number of amidine groups is 1. The first-order valence-corrected chi connectivity index (χ1v) is 9.37. The summed E-state index contributed by atoms with van der Waals surface area (Å²) in [5, 5.41) is 16.1. The smallest absolute Gasteiger partial charge is 0.390 e. The first-order valence-electron chi connectivity index (χ1n) is 9.37. The van der Waals surface area contributed by atoms with Gasteiger partial charge < -0.3 is 10.7 Å². The molecule has 0 saturated carbocycles. The van der Waals surface area contributed by atoms with Crippen molar-refractivity contribution in [3.63, 3.8) is 0 Å². The summed E-state index contributed by atoms with van der Waals surface area (Å²) in [5.74, 6) is -1.98. The van der Waals surface area contributed by atoms with Crippen molar-refractivity contribution in [1.29, 1.82) is 5.41 Å². The molecule has 33 heavy (non-hydrogen) atoms. The molecule has 0 atom stereocenters. The third-order valence-corrected chi connectivity index (χ3v) is 4.54. The zero-order valence-electron chi connectivity index (χ0n) is 16.7. The molecule has 0 bridgehead atoms. The van der Waals surface area contributed by atoms with Gasteiger partial charge in [0.15, 0.2) is 5.84 Å². The molecular weight excluding hydrogens is 442 g/mol. The molecule has 4 N–H and O–H groups in total. The fourth-order valence-corrected chi connectivity index (χ4v) is 3.10. The van der Waals surface area contributed by atoms with E-state index in [1.807, 2.05) is 0 Å². The monoisotopic (exact) mass is 457 g/mol. The number of benzene rings is 1. The largest absolute Gasteiger partial charge is 0.451 e. The van der Waals surface area contributed by atoms with Gasteiger partial charge in [-0.2, -0.15) is 13.2 Å². The number of hydrogen-bond donors (Lipinski definition) is 3. The number of aromatic nitrogens is 6. The lowest BCUT2D eigenvalue weighted by molar-refractivity contribution is -0.144. The number of hydrogen-bond acceptors (Lipinski definition) is 5. The van der Waals surface area contributed by atoms with Crippen LogP contribution < -0.4 is 5.73 Å². The summed E-state index contributed by atoms with van der Waals surface area (Å²) >= 11 is 0. The molecule has 0 aliphatic rings. The van der Waals surface area contributed by atoms with Crippen molar-refractivity contribution < 1.29 is 17.6 Å². The molecule has 13 heteroatoms. The number of para-hydroxylation sites is 1. The normalized spacial score (nSPS) is 11.9. The van der Waals surface area contributed by atoms with Crippen molar-refractivity contribution in [3.8, 4) is 16.8 Å². The van der Waals surface area contributed by atoms with E-state index in [4.69, 9.17) is 11.1 Å². The van der Waals surface area contributed by atoms with Gasteiger partial charge in [0.2, 0.25) is 5.82 Å². The number of rotatable bonds is 5. The molecule has 9 nitrogen and oxygen atoms in total. The van der Waals surface area contributed by atoms with E-state index < -0.39 is 17.8 Å². The van der Waals surface area contributed by atoms with Gasteiger partial charge in [0.05, 0.1) is 23.9 Å². The van der Waals surface area contributed by atoms with E-state index in [1.54, 1.807) is 30.5 Å². The van der Waals surface area contributed by atoms with Crippen molar-refractivity contribution in [3.05, 3.63) is 77.6 Å². The Bertz CT molecular complexity index is 1320. The molecule has 0 spiro atoms. The Morgan fingerprint density at radius 1 is 1.21 bits per heavy atom. The van der Waals surface area contributed by atoms with E-state index in [1.165, 1.54) is 10.7 Å². The van der Waals surface area contributed by atoms with E-state index in [0.29, 0.717) is 17.0 Å². The lowest BCUT2D eigenvalue weighted by Crippen LogP contribution is -2.10. The van der Waals surface area contributed by atoms with Crippen molar-refractivity contribution in [2.75, 3.05) is 0 Å². The average molecular weight is 457 g/mol. The van der Waals surface area contributed by atoms with Gasteiger partial charge in [0, 0.05) is 35.6 Å². The summed E-state index contributed by atoms with van der Waals surface area (Å²) in [7, 11) is 0. The highest BCUT2D eigenvalue weighted by molar-refractivity contribution is 6.04. The molecule has 3 heterocycles. The zero-order chi connectivity index (χ0) is 23.6. The van der Waals surface area contributed by atoms with Gasteiger partial charge in [-0.05, 0) is 18.2 Å². The fraction of sp³-hybridized carbons (Fsp3) is 0.100. The summed E-state index contributed by atoms with van der Waals surface area (Å²) in [6.07, 6.45) is 0.0350. The van der Waals surface area contributed by atoms with Gasteiger partial charge in [0.25, 0.3) is 0 Å². The quantitative estimate of drug-likeness (QED) is 0.240. The van der Waals surface area contributed by atoms with Gasteiger partial charge in [-0.25, -0.2) is 24.0 Å². The maximum atomic E-state index is 14.0. The Morgan fingerprint density at radius 2 is 1.94 bits per heavy atom. The highest BCUT2D eigenvalue weighted by atomic mass is 19.4. The van der Waals surface area contributed by atoms with Gasteiger partial charge in [-0.1, -0.05) is 17.3 Å². The Hall–Kier alpha value is -4.42. The molecule has 0 aliphatic carbocycles. The number of nitrogens with zero attached hydrogens (tertiary/aromatic N) is 6. The van der Waals surface area contributed by atoms with Gasteiger partial charge in [-0.3, -0.25) is 5.41 Å². The van der Waals surface area contributed by atoms with Crippen molar-refractivity contribution in [2.24, 2.45) is 10.7 Å². The third-order valence-electron chi connectivity index (χ3n) is 4.54. The minimum Gasteiger partial charge on any atom is -0.390 e. The molecule has 0 saturated heterocycles. The van der Waals surface area contributed by atoms with Crippen LogP contribution in [-0.2, 0) is 12.6 Å². The fourth-order valence-electron chi connectivity index (χ4n) is 3.10. The van der Waals surface area contributed by atoms with Crippen LogP contribution in [0.4, 0.5) is 17.6 Å². The molecular formula is C20H15F4N9. The van der Waals surface area contributed by atoms with Crippen LogP contribution in [0.5, 0.6) is 0 Å². The Balaban J connectivity index is 1.66. The lowest BCUT2D eigenvalue weighted by Gasteiger charge is -2.06. The number of aromatic amines is 1. The average Bonchev–Trinajstić information content (AvgIpc) is 3.41. The molecule has 0 amide bonds. The van der Waals surface area contributed by atoms with Crippen LogP contribution in [0.25, 0.3) is 16.8 Å². The maximum absolute atomic E-state index is 14.0. The van der Waals surface area contributed by atoms with Crippen LogP contribution in [0.2, 0.25) is 0 Å². The summed E-state index contributed by atoms with van der Waals surface area (Å²) in [4.78, 5) is 13.5. The van der Waals surface area contributed by atoms with E-state index in [-0.39, 0.29) is 29.2 Å². The molecule has 0 unspecified atom stereocenters. The first kappa shape index (κ1) is 21.8. The summed E-state index contributed by atoms with van der Waals surface area (Å²) in [6.45, 7) is 0. The molecule has 0 fully saturated rings. The van der Waals surface area contributed by atoms with Crippen LogP contribution in [0.3, 0.4) is 0 Å². The second-order valence-corrected chi connectivity index (χ2v) is 6.79. The lowest BCUT2D eigenvalue weighted by atomic mass is 10.1. The second kappa shape index (κ2) is 8.61. The number of alkyl halides is 3. The molecule has 0 aliphatic heterocycles. The van der Waals surface area contributed by atoms with Crippen molar-refractivity contribution in [2.45, 2.75) is 12.6 Å². The van der Waals surface area contributed by atoms with Crippen LogP contribution in [0, 0.1) is 11.2 Å². The maximum Gasteiger partial charge on any atom is 0.451 e. The number of nitrogens with one attached hydrogen (secondary N) is 2. The standard InChI is InChI=1S/C20H15F4N9/c21-15-3-1-2-4-16(15)33-9-13(31-32-33)5-12-6-14(17(30-12)18(26)29-10-25)11-7-27-19(28-8-11)20(22,23)24/h1-4,6-10,30H,5H2,(H3,25,26,29). The molecule has 1 aromatic carbocycles.